The molecule has 0 saturated heterocycles. The van der Waals surface area contributed by atoms with Gasteiger partial charge in [-0.3, -0.25) is 4.79 Å². The highest BCUT2D eigenvalue weighted by atomic mass is 16.1. The minimum Gasteiger partial charge on any atom is -0.317 e. The van der Waals surface area contributed by atoms with Crippen LogP contribution in [0.4, 0.5) is 0 Å². The third kappa shape index (κ3) is 3.29. The summed E-state index contributed by atoms with van der Waals surface area (Å²) in [5, 5.41) is 3.09. The largest absolute Gasteiger partial charge is 0.317 e. The first-order chi connectivity index (χ1) is 6.34. The topological polar surface area (TPSA) is 54.9 Å². The van der Waals surface area contributed by atoms with Crippen molar-refractivity contribution in [2.45, 2.75) is 13.3 Å². The van der Waals surface area contributed by atoms with Crippen LogP contribution in [0.2, 0.25) is 0 Å². The SMILES string of the molecule is CCNCCC(=O)c1cncnc1. The van der Waals surface area contributed by atoms with Crippen LogP contribution in [-0.4, -0.2) is 28.8 Å². The lowest BCUT2D eigenvalue weighted by Gasteiger charge is -2.00. The van der Waals surface area contributed by atoms with Crippen LogP contribution in [-0.2, 0) is 0 Å². The first kappa shape index (κ1) is 9.80. The highest BCUT2D eigenvalue weighted by Crippen LogP contribution is 1.97. The standard InChI is InChI=1S/C9H13N3O/c1-2-10-4-3-9(13)8-5-11-7-12-6-8/h5-7,10H,2-4H2,1H3. The molecule has 0 aliphatic carbocycles. The van der Waals surface area contributed by atoms with Crippen LogP contribution in [0.1, 0.15) is 23.7 Å². The molecular weight excluding hydrogens is 166 g/mol. The number of carbonyl (C=O) groups excluding carboxylic acids is 1. The van der Waals surface area contributed by atoms with Gasteiger partial charge in [-0.2, -0.15) is 0 Å². The third-order valence-corrected chi connectivity index (χ3v) is 1.66. The molecule has 0 bridgehead atoms. The van der Waals surface area contributed by atoms with Crippen molar-refractivity contribution in [3.63, 3.8) is 0 Å². The van der Waals surface area contributed by atoms with Crippen LogP contribution in [0, 0.1) is 0 Å². The molecule has 0 spiro atoms. The number of Topliss-reactive ketones (excluding diaryl/α,β-unsaturated/α-hetero) is 1. The smallest absolute Gasteiger partial charge is 0.167 e. The molecule has 0 aliphatic rings. The van der Waals surface area contributed by atoms with E-state index in [2.05, 4.69) is 15.3 Å². The number of nitrogens with one attached hydrogen (secondary N) is 1. The van der Waals surface area contributed by atoms with Gasteiger partial charge in [0.15, 0.2) is 5.78 Å². The predicted octanol–water partition coefficient (Wildman–Crippen LogP) is 0.659. The van der Waals surface area contributed by atoms with Crippen molar-refractivity contribution in [2.24, 2.45) is 0 Å². The van der Waals surface area contributed by atoms with Crippen molar-refractivity contribution in [3.05, 3.63) is 24.3 Å². The number of carbonyl (C=O) groups is 1. The summed E-state index contributed by atoms with van der Waals surface area (Å²) in [6.07, 6.45) is 5.00. The number of aromatic nitrogens is 2. The van der Waals surface area contributed by atoms with E-state index in [4.69, 9.17) is 0 Å². The molecule has 0 radical (unpaired) electrons. The van der Waals surface area contributed by atoms with Gasteiger partial charge in [-0.25, -0.2) is 9.97 Å². The molecule has 1 rings (SSSR count). The van der Waals surface area contributed by atoms with E-state index in [9.17, 15) is 4.79 Å². The second-order valence-electron chi connectivity index (χ2n) is 2.65. The molecule has 1 aromatic rings. The molecule has 4 heteroatoms. The second kappa shape index (κ2) is 5.37. The van der Waals surface area contributed by atoms with Gasteiger partial charge in [0.1, 0.15) is 6.33 Å². The summed E-state index contributed by atoms with van der Waals surface area (Å²) in [6, 6.07) is 0. The van der Waals surface area contributed by atoms with Crippen molar-refractivity contribution >= 4 is 5.78 Å². The Morgan fingerprint density at radius 2 is 2.15 bits per heavy atom. The normalized spacial score (nSPS) is 9.92. The van der Waals surface area contributed by atoms with E-state index in [0.29, 0.717) is 18.5 Å². The first-order valence-electron chi connectivity index (χ1n) is 4.33. The molecule has 0 amide bonds. The quantitative estimate of drug-likeness (QED) is 0.533. The molecule has 70 valence electrons. The minimum atomic E-state index is 0.0848. The Kier molecular flexibility index (Phi) is 4.05. The highest BCUT2D eigenvalue weighted by molar-refractivity contribution is 5.95. The number of ketones is 1. The van der Waals surface area contributed by atoms with E-state index >= 15 is 0 Å². The summed E-state index contributed by atoms with van der Waals surface area (Å²) < 4.78 is 0. The molecule has 13 heavy (non-hydrogen) atoms. The Labute approximate surface area is 77.4 Å². The lowest BCUT2D eigenvalue weighted by Crippen LogP contribution is -2.17. The van der Waals surface area contributed by atoms with E-state index in [1.165, 1.54) is 6.33 Å². The fraction of sp³-hybridized carbons (Fsp3) is 0.444. The highest BCUT2D eigenvalue weighted by Gasteiger charge is 2.04. The molecule has 1 heterocycles. The van der Waals surface area contributed by atoms with Gasteiger partial charge in [-0.1, -0.05) is 6.92 Å². The zero-order valence-electron chi connectivity index (χ0n) is 7.66. The lowest BCUT2D eigenvalue weighted by atomic mass is 10.2. The molecule has 0 saturated carbocycles. The maximum absolute atomic E-state index is 11.4. The van der Waals surface area contributed by atoms with Gasteiger partial charge in [0.2, 0.25) is 0 Å². The molecule has 0 aromatic carbocycles. The van der Waals surface area contributed by atoms with Crippen LogP contribution in [0.3, 0.4) is 0 Å². The molecular formula is C9H13N3O. The Bertz CT molecular complexity index is 261. The van der Waals surface area contributed by atoms with Gasteiger partial charge in [0.05, 0.1) is 5.56 Å². The van der Waals surface area contributed by atoms with Gasteiger partial charge in [0.25, 0.3) is 0 Å². The summed E-state index contributed by atoms with van der Waals surface area (Å²) in [6.45, 7) is 3.61. The van der Waals surface area contributed by atoms with Crippen LogP contribution in [0.15, 0.2) is 18.7 Å². The lowest BCUT2D eigenvalue weighted by molar-refractivity contribution is 0.0982. The maximum Gasteiger partial charge on any atom is 0.167 e. The Morgan fingerprint density at radius 1 is 1.46 bits per heavy atom. The zero-order valence-corrected chi connectivity index (χ0v) is 7.66. The van der Waals surface area contributed by atoms with E-state index in [0.717, 1.165) is 6.54 Å². The van der Waals surface area contributed by atoms with E-state index < -0.39 is 0 Å². The van der Waals surface area contributed by atoms with Crippen molar-refractivity contribution in [3.8, 4) is 0 Å². The van der Waals surface area contributed by atoms with Crippen molar-refractivity contribution < 1.29 is 4.79 Å². The molecule has 4 nitrogen and oxygen atoms in total. The average Bonchev–Trinajstić information content (AvgIpc) is 2.19. The predicted molar refractivity (Wildman–Crippen MR) is 49.5 cm³/mol. The molecule has 0 aliphatic heterocycles. The molecule has 1 N–H and O–H groups in total. The number of hydrogen-bond donors (Lipinski definition) is 1. The van der Waals surface area contributed by atoms with Crippen LogP contribution in [0.5, 0.6) is 0 Å². The van der Waals surface area contributed by atoms with Crippen molar-refractivity contribution in [1.82, 2.24) is 15.3 Å². The van der Waals surface area contributed by atoms with Crippen LogP contribution < -0.4 is 5.32 Å². The maximum atomic E-state index is 11.4. The third-order valence-electron chi connectivity index (χ3n) is 1.66. The van der Waals surface area contributed by atoms with Gasteiger partial charge in [-0.15, -0.1) is 0 Å². The Balaban J connectivity index is 2.40. The second-order valence-corrected chi connectivity index (χ2v) is 2.65. The fourth-order valence-electron chi connectivity index (χ4n) is 0.966. The first-order valence-corrected chi connectivity index (χ1v) is 4.33. The number of hydrogen-bond acceptors (Lipinski definition) is 4. The van der Waals surface area contributed by atoms with Gasteiger partial charge < -0.3 is 5.32 Å². The summed E-state index contributed by atoms with van der Waals surface area (Å²) in [4.78, 5) is 19.0. The summed E-state index contributed by atoms with van der Waals surface area (Å²) in [7, 11) is 0. The molecule has 0 fully saturated rings. The Morgan fingerprint density at radius 3 is 2.77 bits per heavy atom. The van der Waals surface area contributed by atoms with Gasteiger partial charge >= 0.3 is 0 Å². The van der Waals surface area contributed by atoms with E-state index in [-0.39, 0.29) is 5.78 Å². The summed E-state index contributed by atoms with van der Waals surface area (Å²) >= 11 is 0. The number of rotatable bonds is 5. The Hall–Kier alpha value is -1.29. The minimum absolute atomic E-state index is 0.0848. The molecule has 1 aromatic heterocycles. The van der Waals surface area contributed by atoms with Crippen LogP contribution >= 0.6 is 0 Å². The number of nitrogens with zero attached hydrogens (tertiary/aromatic N) is 2. The molecule has 0 unspecified atom stereocenters. The van der Waals surface area contributed by atoms with E-state index in [1.54, 1.807) is 12.4 Å². The summed E-state index contributed by atoms with van der Waals surface area (Å²) in [5.41, 5.74) is 0.584. The zero-order chi connectivity index (χ0) is 9.52. The molecule has 0 atom stereocenters. The monoisotopic (exact) mass is 179 g/mol. The van der Waals surface area contributed by atoms with E-state index in [1.807, 2.05) is 6.92 Å². The van der Waals surface area contributed by atoms with Gasteiger partial charge in [-0.05, 0) is 6.54 Å². The van der Waals surface area contributed by atoms with Crippen LogP contribution in [0.25, 0.3) is 0 Å². The van der Waals surface area contributed by atoms with Crippen molar-refractivity contribution in [1.29, 1.82) is 0 Å². The van der Waals surface area contributed by atoms with Gasteiger partial charge in [0, 0.05) is 25.4 Å². The van der Waals surface area contributed by atoms with Crippen molar-refractivity contribution in [2.75, 3.05) is 13.1 Å². The fourth-order valence-corrected chi connectivity index (χ4v) is 0.966. The average molecular weight is 179 g/mol. The summed E-state index contributed by atoms with van der Waals surface area (Å²) in [5.74, 6) is 0.0848.